The molecule has 28 heavy (non-hydrogen) atoms. The summed E-state index contributed by atoms with van der Waals surface area (Å²) in [5.41, 5.74) is 1.33. The van der Waals surface area contributed by atoms with Gasteiger partial charge in [0.15, 0.2) is 11.6 Å². The van der Waals surface area contributed by atoms with E-state index in [1.807, 2.05) is 17.9 Å². The van der Waals surface area contributed by atoms with Crippen molar-refractivity contribution in [1.29, 1.82) is 0 Å². The number of hydrogen-bond donors (Lipinski definition) is 0. The van der Waals surface area contributed by atoms with Crippen LogP contribution < -0.4 is 0 Å². The molecule has 1 amide bonds. The minimum atomic E-state index is -0.818. The highest BCUT2D eigenvalue weighted by Crippen LogP contribution is 2.47. The predicted molar refractivity (Wildman–Crippen MR) is 99.6 cm³/mol. The van der Waals surface area contributed by atoms with Gasteiger partial charge in [0.25, 0.3) is 0 Å². The molecule has 1 aromatic heterocycles. The number of likely N-dealkylation sites (tertiary alicyclic amines) is 1. The molecule has 4 aliphatic rings. The van der Waals surface area contributed by atoms with Gasteiger partial charge in [0.2, 0.25) is 5.91 Å². The third kappa shape index (κ3) is 2.67. The molecular formula is C21H24F2N4O. The van der Waals surface area contributed by atoms with E-state index in [2.05, 4.69) is 10.00 Å². The second-order valence-electron chi connectivity index (χ2n) is 8.28. The van der Waals surface area contributed by atoms with Crippen LogP contribution in [0.1, 0.15) is 30.0 Å². The van der Waals surface area contributed by atoms with E-state index in [1.165, 1.54) is 0 Å². The van der Waals surface area contributed by atoms with Crippen LogP contribution in [0.25, 0.3) is 0 Å². The van der Waals surface area contributed by atoms with Gasteiger partial charge in [-0.1, -0.05) is 12.1 Å². The maximum Gasteiger partial charge on any atom is 0.244 e. The van der Waals surface area contributed by atoms with Crippen LogP contribution in [-0.4, -0.2) is 57.2 Å². The molecule has 4 fully saturated rings. The summed E-state index contributed by atoms with van der Waals surface area (Å²) in [4.78, 5) is 17.5. The molecule has 0 saturated carbocycles. The van der Waals surface area contributed by atoms with E-state index in [-0.39, 0.29) is 30.5 Å². The maximum absolute atomic E-state index is 14.6. The first-order valence-corrected chi connectivity index (χ1v) is 10.0. The molecule has 5 nitrogen and oxygen atoms in total. The minimum absolute atomic E-state index is 0.00913. The standard InChI is InChI=1S/C21H24F2N4O/c1-13-5-8-24-27(13)12-18(28)26-11-16(15-3-2-4-17(22)19(15)23)21-20(26)14-6-9-25(21)10-7-14/h2-5,8,14,16,20-21H,6-7,9-12H2,1H3/t16-,20+,21+/m1/s1. The van der Waals surface area contributed by atoms with Gasteiger partial charge in [-0.2, -0.15) is 5.10 Å². The minimum Gasteiger partial charge on any atom is -0.336 e. The number of hydrogen-bond acceptors (Lipinski definition) is 3. The van der Waals surface area contributed by atoms with Gasteiger partial charge in [-0.15, -0.1) is 0 Å². The lowest BCUT2D eigenvalue weighted by molar-refractivity contribution is -0.136. The number of piperidine rings is 3. The molecular weight excluding hydrogens is 362 g/mol. The van der Waals surface area contributed by atoms with Crippen LogP contribution in [0.5, 0.6) is 0 Å². The first kappa shape index (κ1) is 17.8. The Morgan fingerprint density at radius 1 is 1.18 bits per heavy atom. The van der Waals surface area contributed by atoms with E-state index in [1.54, 1.807) is 23.0 Å². The fourth-order valence-corrected chi connectivity index (χ4v) is 5.57. The Bertz CT molecular complexity index is 906. The molecule has 2 aromatic rings. The van der Waals surface area contributed by atoms with Crippen molar-refractivity contribution < 1.29 is 13.6 Å². The number of carbonyl (C=O) groups is 1. The number of halogens is 2. The monoisotopic (exact) mass is 386 g/mol. The van der Waals surface area contributed by atoms with Crippen molar-refractivity contribution >= 4 is 5.91 Å². The van der Waals surface area contributed by atoms with Gasteiger partial charge in [-0.05, 0) is 56.5 Å². The zero-order valence-corrected chi connectivity index (χ0v) is 15.9. The van der Waals surface area contributed by atoms with Crippen LogP contribution in [0.15, 0.2) is 30.5 Å². The van der Waals surface area contributed by atoms with E-state index in [4.69, 9.17) is 0 Å². The van der Waals surface area contributed by atoms with Crippen molar-refractivity contribution in [2.75, 3.05) is 19.6 Å². The average molecular weight is 386 g/mol. The van der Waals surface area contributed by atoms with Gasteiger partial charge < -0.3 is 4.90 Å². The first-order chi connectivity index (χ1) is 13.5. The summed E-state index contributed by atoms with van der Waals surface area (Å²) in [6, 6.07) is 6.40. The Kier molecular flexibility index (Phi) is 4.23. The molecule has 4 aliphatic heterocycles. The molecule has 3 atom stereocenters. The highest BCUT2D eigenvalue weighted by atomic mass is 19.2. The van der Waals surface area contributed by atoms with E-state index in [0.29, 0.717) is 18.0 Å². The fraction of sp³-hybridized carbons (Fsp3) is 0.524. The number of carbonyl (C=O) groups excluding carboxylic acids is 1. The maximum atomic E-state index is 14.6. The van der Waals surface area contributed by atoms with Crippen LogP contribution in [0.3, 0.4) is 0 Å². The van der Waals surface area contributed by atoms with Gasteiger partial charge in [0.05, 0.1) is 6.04 Å². The quantitative estimate of drug-likeness (QED) is 0.814. The molecule has 0 N–H and O–H groups in total. The molecule has 5 heterocycles. The number of benzene rings is 1. The summed E-state index contributed by atoms with van der Waals surface area (Å²) in [6.07, 6.45) is 3.81. The number of amides is 1. The van der Waals surface area contributed by atoms with Gasteiger partial charge in [0.1, 0.15) is 6.54 Å². The summed E-state index contributed by atoms with van der Waals surface area (Å²) in [5.74, 6) is -1.35. The lowest BCUT2D eigenvalue weighted by Gasteiger charge is -2.51. The third-order valence-corrected chi connectivity index (χ3v) is 6.91. The molecule has 6 rings (SSSR count). The van der Waals surface area contributed by atoms with E-state index < -0.39 is 11.6 Å². The van der Waals surface area contributed by atoms with E-state index in [0.717, 1.165) is 37.7 Å². The highest BCUT2D eigenvalue weighted by molar-refractivity contribution is 5.77. The van der Waals surface area contributed by atoms with Crippen LogP contribution in [0.4, 0.5) is 8.78 Å². The zero-order chi connectivity index (χ0) is 19.4. The van der Waals surface area contributed by atoms with Crippen LogP contribution >= 0.6 is 0 Å². The van der Waals surface area contributed by atoms with Gasteiger partial charge >= 0.3 is 0 Å². The van der Waals surface area contributed by atoms with Crippen molar-refractivity contribution in [1.82, 2.24) is 19.6 Å². The number of aryl methyl sites for hydroxylation is 1. The Labute approximate surface area is 162 Å². The molecule has 0 spiro atoms. The zero-order valence-electron chi connectivity index (χ0n) is 15.9. The molecule has 2 bridgehead atoms. The van der Waals surface area contributed by atoms with Crippen LogP contribution in [0, 0.1) is 24.5 Å². The Morgan fingerprint density at radius 2 is 1.96 bits per heavy atom. The summed E-state index contributed by atoms with van der Waals surface area (Å²) in [7, 11) is 0. The normalized spacial score (nSPS) is 31.2. The van der Waals surface area contributed by atoms with Crippen molar-refractivity contribution in [3.05, 3.63) is 53.4 Å². The third-order valence-electron chi connectivity index (χ3n) is 6.91. The summed E-state index contributed by atoms with van der Waals surface area (Å²) in [6.45, 7) is 4.49. The van der Waals surface area contributed by atoms with Crippen LogP contribution in [0.2, 0.25) is 0 Å². The van der Waals surface area contributed by atoms with E-state index >= 15 is 0 Å². The van der Waals surface area contributed by atoms with Gasteiger partial charge in [0, 0.05) is 30.4 Å². The summed E-state index contributed by atoms with van der Waals surface area (Å²) < 4.78 is 30.2. The lowest BCUT2D eigenvalue weighted by atomic mass is 9.75. The van der Waals surface area contributed by atoms with Crippen molar-refractivity contribution in [2.24, 2.45) is 5.92 Å². The molecule has 0 radical (unpaired) electrons. The van der Waals surface area contributed by atoms with Crippen molar-refractivity contribution in [3.8, 4) is 0 Å². The smallest absolute Gasteiger partial charge is 0.244 e. The van der Waals surface area contributed by atoms with Crippen molar-refractivity contribution in [2.45, 2.75) is 44.3 Å². The fourth-order valence-electron chi connectivity index (χ4n) is 5.57. The summed E-state index contributed by atoms with van der Waals surface area (Å²) in [5, 5.41) is 4.23. The highest BCUT2D eigenvalue weighted by Gasteiger charge is 2.55. The first-order valence-electron chi connectivity index (χ1n) is 10.0. The van der Waals surface area contributed by atoms with E-state index in [9.17, 15) is 13.6 Å². The largest absolute Gasteiger partial charge is 0.336 e. The van der Waals surface area contributed by atoms with Gasteiger partial charge in [-0.25, -0.2) is 8.78 Å². The Morgan fingerprint density at radius 3 is 2.68 bits per heavy atom. The number of rotatable bonds is 3. The number of aromatic nitrogens is 2. The lowest BCUT2D eigenvalue weighted by Crippen LogP contribution is -2.61. The second kappa shape index (κ2) is 6.65. The number of nitrogens with zero attached hydrogens (tertiary/aromatic N) is 4. The molecule has 4 saturated heterocycles. The SMILES string of the molecule is Cc1ccnn1CC(=O)N1C[C@H](c2cccc(F)c2F)[C@H]2[C@@H]1C1CCN2CC1. The molecule has 7 heteroatoms. The molecule has 0 aliphatic carbocycles. The summed E-state index contributed by atoms with van der Waals surface area (Å²) >= 11 is 0. The van der Waals surface area contributed by atoms with Crippen molar-refractivity contribution in [3.63, 3.8) is 0 Å². The number of fused-ring (bicyclic) bond motifs is 2. The Balaban J connectivity index is 1.49. The topological polar surface area (TPSA) is 41.4 Å². The molecule has 0 unspecified atom stereocenters. The Hall–Kier alpha value is -2.28. The molecule has 148 valence electrons. The second-order valence-corrected chi connectivity index (χ2v) is 8.28. The average Bonchev–Trinajstić information content (AvgIpc) is 3.30. The predicted octanol–water partition coefficient (Wildman–Crippen LogP) is 2.56. The van der Waals surface area contributed by atoms with Crippen LogP contribution in [-0.2, 0) is 11.3 Å². The molecule has 1 aromatic carbocycles. The van der Waals surface area contributed by atoms with Gasteiger partial charge in [-0.3, -0.25) is 14.4 Å².